The summed E-state index contributed by atoms with van der Waals surface area (Å²) < 4.78 is 5.66. The van der Waals surface area contributed by atoms with E-state index < -0.39 is 5.72 Å². The quantitative estimate of drug-likeness (QED) is 0.623. The standard InChI is InChI=1S/C13H15NO2/c1-14-9-5-4-8-13(14)11-7-3-2-6-10(11)12(15)16-13/h2-3,6-7H,4-5,8-9H2,1H3. The molecule has 2 heterocycles. The van der Waals surface area contributed by atoms with E-state index in [0.29, 0.717) is 0 Å². The zero-order valence-corrected chi connectivity index (χ0v) is 9.40. The van der Waals surface area contributed by atoms with Gasteiger partial charge in [-0.05, 0) is 26.0 Å². The van der Waals surface area contributed by atoms with Crippen molar-refractivity contribution in [3.63, 3.8) is 0 Å². The molecule has 0 bridgehead atoms. The third kappa shape index (κ3) is 1.15. The fourth-order valence-electron chi connectivity index (χ4n) is 2.82. The third-order valence-corrected chi connectivity index (χ3v) is 3.71. The van der Waals surface area contributed by atoms with Crippen molar-refractivity contribution in [1.82, 2.24) is 4.90 Å². The SMILES string of the molecule is CN1CCCCC12OC(=O)c1ccccc12. The highest BCUT2D eigenvalue weighted by Gasteiger charge is 2.49. The summed E-state index contributed by atoms with van der Waals surface area (Å²) in [6, 6.07) is 7.74. The number of likely N-dealkylation sites (tertiary alicyclic amines) is 1. The Morgan fingerprint density at radius 1 is 1.31 bits per heavy atom. The molecule has 0 saturated carbocycles. The highest BCUT2D eigenvalue weighted by atomic mass is 16.6. The minimum Gasteiger partial charge on any atom is -0.436 e. The Balaban J connectivity index is 2.14. The Kier molecular flexibility index (Phi) is 2.04. The van der Waals surface area contributed by atoms with Gasteiger partial charge in [0.15, 0.2) is 5.72 Å². The summed E-state index contributed by atoms with van der Waals surface area (Å²) in [5.41, 5.74) is 1.30. The molecule has 3 nitrogen and oxygen atoms in total. The smallest absolute Gasteiger partial charge is 0.340 e. The van der Waals surface area contributed by atoms with Crippen molar-refractivity contribution in [1.29, 1.82) is 0 Å². The molecule has 0 N–H and O–H groups in total. The van der Waals surface area contributed by atoms with Crippen molar-refractivity contribution in [3.05, 3.63) is 35.4 Å². The number of hydrogen-bond donors (Lipinski definition) is 0. The van der Waals surface area contributed by atoms with Crippen molar-refractivity contribution in [2.75, 3.05) is 13.6 Å². The van der Waals surface area contributed by atoms with Gasteiger partial charge in [0.1, 0.15) is 0 Å². The third-order valence-electron chi connectivity index (χ3n) is 3.71. The lowest BCUT2D eigenvalue weighted by Crippen LogP contribution is -2.47. The van der Waals surface area contributed by atoms with Gasteiger partial charge in [0.05, 0.1) is 5.56 Å². The summed E-state index contributed by atoms with van der Waals surface area (Å²) in [4.78, 5) is 14.0. The van der Waals surface area contributed by atoms with E-state index in [1.165, 1.54) is 6.42 Å². The molecule has 1 atom stereocenters. The minimum atomic E-state index is -0.480. The van der Waals surface area contributed by atoms with Crippen LogP contribution in [0.5, 0.6) is 0 Å². The van der Waals surface area contributed by atoms with Crippen LogP contribution < -0.4 is 0 Å². The minimum absolute atomic E-state index is 0.177. The Labute approximate surface area is 95.0 Å². The molecule has 1 fully saturated rings. The lowest BCUT2D eigenvalue weighted by Gasteiger charge is -2.41. The Bertz CT molecular complexity index is 443. The van der Waals surface area contributed by atoms with Gasteiger partial charge in [0.2, 0.25) is 0 Å². The van der Waals surface area contributed by atoms with E-state index in [2.05, 4.69) is 4.90 Å². The van der Waals surface area contributed by atoms with E-state index in [1.807, 2.05) is 31.3 Å². The van der Waals surface area contributed by atoms with Crippen LogP contribution in [0.3, 0.4) is 0 Å². The number of piperidine rings is 1. The highest BCUT2D eigenvalue weighted by molar-refractivity contribution is 5.94. The molecule has 0 radical (unpaired) electrons. The molecule has 3 heteroatoms. The van der Waals surface area contributed by atoms with Crippen LogP contribution in [0.1, 0.15) is 35.2 Å². The molecule has 0 amide bonds. The topological polar surface area (TPSA) is 29.5 Å². The van der Waals surface area contributed by atoms with E-state index in [4.69, 9.17) is 4.74 Å². The summed E-state index contributed by atoms with van der Waals surface area (Å²) in [7, 11) is 2.04. The second kappa shape index (κ2) is 3.32. The number of esters is 1. The van der Waals surface area contributed by atoms with Crippen LogP contribution in [0.2, 0.25) is 0 Å². The maximum Gasteiger partial charge on any atom is 0.340 e. The first-order chi connectivity index (χ1) is 7.74. The van der Waals surface area contributed by atoms with Crippen LogP contribution in [0, 0.1) is 0 Å². The second-order valence-electron chi connectivity index (χ2n) is 4.60. The largest absolute Gasteiger partial charge is 0.436 e. The van der Waals surface area contributed by atoms with Gasteiger partial charge in [-0.3, -0.25) is 4.90 Å². The molecule has 16 heavy (non-hydrogen) atoms. The van der Waals surface area contributed by atoms with Gasteiger partial charge in [0.25, 0.3) is 0 Å². The summed E-state index contributed by atoms with van der Waals surface area (Å²) in [5.74, 6) is -0.177. The van der Waals surface area contributed by atoms with Gasteiger partial charge in [-0.1, -0.05) is 18.2 Å². The lowest BCUT2D eigenvalue weighted by molar-refractivity contribution is -0.124. The van der Waals surface area contributed by atoms with E-state index in [0.717, 1.165) is 30.5 Å². The number of rotatable bonds is 0. The molecule has 84 valence electrons. The van der Waals surface area contributed by atoms with Crippen LogP contribution in [0.15, 0.2) is 24.3 Å². The Morgan fingerprint density at radius 3 is 2.94 bits per heavy atom. The first-order valence-electron chi connectivity index (χ1n) is 5.78. The molecular weight excluding hydrogens is 202 g/mol. The van der Waals surface area contributed by atoms with E-state index >= 15 is 0 Å². The van der Waals surface area contributed by atoms with Gasteiger partial charge in [-0.2, -0.15) is 0 Å². The van der Waals surface area contributed by atoms with Crippen LogP contribution in [-0.4, -0.2) is 24.5 Å². The number of nitrogens with zero attached hydrogens (tertiary/aromatic N) is 1. The first-order valence-corrected chi connectivity index (χ1v) is 5.78. The average Bonchev–Trinajstić information content (AvgIpc) is 2.59. The highest BCUT2D eigenvalue weighted by Crippen LogP contribution is 2.44. The summed E-state index contributed by atoms with van der Waals surface area (Å²) in [6.07, 6.45) is 3.20. The number of ether oxygens (including phenoxy) is 1. The molecule has 2 aliphatic heterocycles. The monoisotopic (exact) mass is 217 g/mol. The van der Waals surface area contributed by atoms with Crippen LogP contribution in [0.25, 0.3) is 0 Å². The maximum atomic E-state index is 11.8. The number of carbonyl (C=O) groups excluding carboxylic acids is 1. The molecular formula is C13H15NO2. The number of carbonyl (C=O) groups is 1. The zero-order chi connectivity index (χ0) is 11.2. The number of benzene rings is 1. The van der Waals surface area contributed by atoms with Gasteiger partial charge in [-0.25, -0.2) is 4.79 Å². The first kappa shape index (κ1) is 9.85. The summed E-state index contributed by atoms with van der Waals surface area (Å²) >= 11 is 0. The van der Waals surface area contributed by atoms with Crippen molar-refractivity contribution in [3.8, 4) is 0 Å². The Hall–Kier alpha value is -1.35. The van der Waals surface area contributed by atoms with Gasteiger partial charge >= 0.3 is 5.97 Å². The van der Waals surface area contributed by atoms with Crippen LogP contribution in [-0.2, 0) is 10.5 Å². The molecule has 1 spiro atoms. The fourth-order valence-corrected chi connectivity index (χ4v) is 2.82. The molecule has 1 unspecified atom stereocenters. The number of fused-ring (bicyclic) bond motifs is 2. The average molecular weight is 217 g/mol. The van der Waals surface area contributed by atoms with Crippen LogP contribution >= 0.6 is 0 Å². The molecule has 2 aliphatic rings. The zero-order valence-electron chi connectivity index (χ0n) is 9.40. The van der Waals surface area contributed by atoms with Crippen LogP contribution in [0.4, 0.5) is 0 Å². The van der Waals surface area contributed by atoms with E-state index in [1.54, 1.807) is 0 Å². The van der Waals surface area contributed by atoms with E-state index in [9.17, 15) is 4.79 Å². The van der Waals surface area contributed by atoms with Gasteiger partial charge < -0.3 is 4.74 Å². The van der Waals surface area contributed by atoms with Crippen molar-refractivity contribution in [2.24, 2.45) is 0 Å². The summed E-state index contributed by atoms with van der Waals surface area (Å²) in [6.45, 7) is 0.988. The maximum absolute atomic E-state index is 11.8. The molecule has 1 saturated heterocycles. The Morgan fingerprint density at radius 2 is 2.12 bits per heavy atom. The predicted octanol–water partition coefficient (Wildman–Crippen LogP) is 2.13. The van der Waals surface area contributed by atoms with Crippen molar-refractivity contribution in [2.45, 2.75) is 25.0 Å². The predicted molar refractivity (Wildman–Crippen MR) is 60.0 cm³/mol. The van der Waals surface area contributed by atoms with Gasteiger partial charge in [0, 0.05) is 18.5 Å². The van der Waals surface area contributed by atoms with Gasteiger partial charge in [-0.15, -0.1) is 0 Å². The normalized spacial score (nSPS) is 29.2. The van der Waals surface area contributed by atoms with Crippen molar-refractivity contribution < 1.29 is 9.53 Å². The second-order valence-corrected chi connectivity index (χ2v) is 4.60. The molecule has 1 aromatic carbocycles. The summed E-state index contributed by atoms with van der Waals surface area (Å²) in [5, 5.41) is 0. The lowest BCUT2D eigenvalue weighted by atomic mass is 9.90. The molecule has 0 aromatic heterocycles. The number of hydrogen-bond acceptors (Lipinski definition) is 3. The van der Waals surface area contributed by atoms with E-state index in [-0.39, 0.29) is 5.97 Å². The molecule has 3 rings (SSSR count). The molecule has 1 aromatic rings. The molecule has 0 aliphatic carbocycles. The van der Waals surface area contributed by atoms with Crippen molar-refractivity contribution >= 4 is 5.97 Å². The fraction of sp³-hybridized carbons (Fsp3) is 0.462.